The molecule has 0 aromatic carbocycles. The number of piperidine rings is 1. The molecular formula is C10H21NS. The minimum absolute atomic E-state index is 0.808. The number of nitrogens with one attached hydrogen (secondary N) is 1. The van der Waals surface area contributed by atoms with Gasteiger partial charge in [-0.15, -0.1) is 0 Å². The predicted octanol–water partition coefficient (Wildman–Crippen LogP) is 2.52. The molecule has 0 saturated carbocycles. The van der Waals surface area contributed by atoms with Gasteiger partial charge in [-0.25, -0.2) is 0 Å². The largest absolute Gasteiger partial charge is 0.313 e. The van der Waals surface area contributed by atoms with Crippen LogP contribution in [-0.4, -0.2) is 24.1 Å². The maximum Gasteiger partial charge on any atom is 0.0158 e. The van der Waals surface area contributed by atoms with Crippen molar-refractivity contribution in [3.8, 4) is 0 Å². The second kappa shape index (κ2) is 5.87. The van der Waals surface area contributed by atoms with Crippen molar-refractivity contribution in [3.63, 3.8) is 0 Å². The van der Waals surface area contributed by atoms with Gasteiger partial charge in [-0.05, 0) is 31.1 Å². The smallest absolute Gasteiger partial charge is 0.0158 e. The fraction of sp³-hybridized carbons (Fsp3) is 1.00. The van der Waals surface area contributed by atoms with Crippen molar-refractivity contribution in [1.29, 1.82) is 0 Å². The van der Waals surface area contributed by atoms with E-state index in [1.807, 2.05) is 0 Å². The molecule has 12 heavy (non-hydrogen) atoms. The summed E-state index contributed by atoms with van der Waals surface area (Å²) in [6, 6.07) is 0.808. The molecular weight excluding hydrogens is 166 g/mol. The molecule has 0 bridgehead atoms. The topological polar surface area (TPSA) is 12.0 Å². The van der Waals surface area contributed by atoms with Crippen LogP contribution >= 0.6 is 11.8 Å². The summed E-state index contributed by atoms with van der Waals surface area (Å²) in [7, 11) is 0. The van der Waals surface area contributed by atoms with Gasteiger partial charge in [0, 0.05) is 11.8 Å². The Morgan fingerprint density at radius 2 is 2.25 bits per heavy atom. The minimum atomic E-state index is 0.808. The third-order valence-electron chi connectivity index (χ3n) is 2.18. The highest BCUT2D eigenvalue weighted by Gasteiger charge is 2.11. The lowest BCUT2D eigenvalue weighted by molar-refractivity contribution is 0.429. The summed E-state index contributed by atoms with van der Waals surface area (Å²) in [6.45, 7) is 5.83. The number of thioether (sulfide) groups is 1. The maximum atomic E-state index is 3.57. The van der Waals surface area contributed by atoms with E-state index in [1.165, 1.54) is 37.3 Å². The Kier molecular flexibility index (Phi) is 5.08. The van der Waals surface area contributed by atoms with Gasteiger partial charge in [0.1, 0.15) is 0 Å². The van der Waals surface area contributed by atoms with Crippen LogP contribution in [0.15, 0.2) is 0 Å². The quantitative estimate of drug-likeness (QED) is 0.726. The van der Waals surface area contributed by atoms with E-state index in [9.17, 15) is 0 Å². The van der Waals surface area contributed by atoms with Gasteiger partial charge in [0.2, 0.25) is 0 Å². The minimum Gasteiger partial charge on any atom is -0.313 e. The molecule has 0 spiro atoms. The van der Waals surface area contributed by atoms with Crippen LogP contribution in [0.3, 0.4) is 0 Å². The second-order valence-corrected chi connectivity index (χ2v) is 5.15. The molecule has 0 aromatic rings. The highest BCUT2D eigenvalue weighted by Crippen LogP contribution is 2.14. The molecule has 0 aromatic heterocycles. The summed E-state index contributed by atoms with van der Waals surface area (Å²) in [5.41, 5.74) is 0. The first-order valence-corrected chi connectivity index (χ1v) is 6.25. The summed E-state index contributed by atoms with van der Waals surface area (Å²) in [5.74, 6) is 3.48. The number of hydrogen-bond acceptors (Lipinski definition) is 2. The van der Waals surface area contributed by atoms with E-state index >= 15 is 0 Å². The highest BCUT2D eigenvalue weighted by atomic mass is 32.2. The van der Waals surface area contributed by atoms with E-state index in [2.05, 4.69) is 30.9 Å². The predicted molar refractivity (Wildman–Crippen MR) is 57.8 cm³/mol. The monoisotopic (exact) mass is 187 g/mol. The molecule has 1 unspecified atom stereocenters. The molecule has 1 aliphatic rings. The van der Waals surface area contributed by atoms with Crippen LogP contribution in [0.1, 0.15) is 33.1 Å². The molecule has 0 aliphatic carbocycles. The van der Waals surface area contributed by atoms with E-state index < -0.39 is 0 Å². The van der Waals surface area contributed by atoms with Crippen molar-refractivity contribution in [2.45, 2.75) is 39.2 Å². The van der Waals surface area contributed by atoms with Gasteiger partial charge in [0.05, 0.1) is 0 Å². The Bertz CT molecular complexity index is 108. The fourth-order valence-corrected chi connectivity index (χ4v) is 2.69. The van der Waals surface area contributed by atoms with E-state index in [4.69, 9.17) is 0 Å². The van der Waals surface area contributed by atoms with Crippen molar-refractivity contribution in [3.05, 3.63) is 0 Å². The lowest BCUT2D eigenvalue weighted by Gasteiger charge is -2.23. The van der Waals surface area contributed by atoms with Crippen LogP contribution < -0.4 is 5.32 Å². The van der Waals surface area contributed by atoms with Crippen LogP contribution in [0.25, 0.3) is 0 Å². The summed E-state index contributed by atoms with van der Waals surface area (Å²) in [6.07, 6.45) is 4.20. The summed E-state index contributed by atoms with van der Waals surface area (Å²) < 4.78 is 0. The lowest BCUT2D eigenvalue weighted by Crippen LogP contribution is -2.35. The zero-order valence-corrected chi connectivity index (χ0v) is 9.12. The Balaban J connectivity index is 1.98. The maximum absolute atomic E-state index is 3.57. The molecule has 0 amide bonds. The van der Waals surface area contributed by atoms with Crippen molar-refractivity contribution in [2.75, 3.05) is 18.1 Å². The van der Waals surface area contributed by atoms with Crippen LogP contribution in [0.4, 0.5) is 0 Å². The van der Waals surface area contributed by atoms with Gasteiger partial charge >= 0.3 is 0 Å². The summed E-state index contributed by atoms with van der Waals surface area (Å²) in [4.78, 5) is 0. The van der Waals surface area contributed by atoms with Gasteiger partial charge in [0.15, 0.2) is 0 Å². The normalized spacial score (nSPS) is 24.8. The first-order chi connectivity index (χ1) is 5.79. The van der Waals surface area contributed by atoms with Gasteiger partial charge in [-0.1, -0.05) is 20.3 Å². The first-order valence-electron chi connectivity index (χ1n) is 5.10. The van der Waals surface area contributed by atoms with Crippen LogP contribution in [-0.2, 0) is 0 Å². The molecule has 1 rings (SSSR count). The van der Waals surface area contributed by atoms with Gasteiger partial charge in [-0.2, -0.15) is 11.8 Å². The van der Waals surface area contributed by atoms with Crippen molar-refractivity contribution >= 4 is 11.8 Å². The van der Waals surface area contributed by atoms with E-state index in [0.717, 1.165) is 12.0 Å². The molecule has 1 atom stereocenters. The molecule has 1 N–H and O–H groups in total. The molecule has 2 heteroatoms. The molecule has 0 radical (unpaired) electrons. The standard InChI is InChI=1S/C10H21NS/c1-9(2)7-12-8-10-5-3-4-6-11-10/h9-11H,3-8H2,1-2H3. The molecule has 1 saturated heterocycles. The van der Waals surface area contributed by atoms with Crippen LogP contribution in [0.2, 0.25) is 0 Å². The molecule has 1 aliphatic heterocycles. The van der Waals surface area contributed by atoms with E-state index in [1.54, 1.807) is 0 Å². The molecule has 1 heterocycles. The van der Waals surface area contributed by atoms with Gasteiger partial charge < -0.3 is 5.32 Å². The van der Waals surface area contributed by atoms with Crippen molar-refractivity contribution in [2.24, 2.45) is 5.92 Å². The fourth-order valence-electron chi connectivity index (χ4n) is 1.51. The van der Waals surface area contributed by atoms with Crippen molar-refractivity contribution in [1.82, 2.24) is 5.32 Å². The lowest BCUT2D eigenvalue weighted by atomic mass is 10.1. The molecule has 1 fully saturated rings. The average Bonchev–Trinajstić information content (AvgIpc) is 2.05. The van der Waals surface area contributed by atoms with Gasteiger partial charge in [0.25, 0.3) is 0 Å². The molecule has 72 valence electrons. The molecule has 1 nitrogen and oxygen atoms in total. The Morgan fingerprint density at radius 3 is 2.83 bits per heavy atom. The zero-order chi connectivity index (χ0) is 8.81. The van der Waals surface area contributed by atoms with Crippen molar-refractivity contribution < 1.29 is 0 Å². The highest BCUT2D eigenvalue weighted by molar-refractivity contribution is 7.99. The van der Waals surface area contributed by atoms with Gasteiger partial charge in [-0.3, -0.25) is 0 Å². The number of hydrogen-bond donors (Lipinski definition) is 1. The van der Waals surface area contributed by atoms with Crippen LogP contribution in [0, 0.1) is 5.92 Å². The van der Waals surface area contributed by atoms with E-state index in [0.29, 0.717) is 0 Å². The SMILES string of the molecule is CC(C)CSCC1CCCCN1. The number of rotatable bonds is 4. The zero-order valence-electron chi connectivity index (χ0n) is 8.31. The average molecular weight is 187 g/mol. The Labute approximate surface area is 80.7 Å². The second-order valence-electron chi connectivity index (χ2n) is 4.08. The summed E-state index contributed by atoms with van der Waals surface area (Å²) >= 11 is 2.11. The Morgan fingerprint density at radius 1 is 1.42 bits per heavy atom. The first kappa shape index (κ1) is 10.4. The third kappa shape index (κ3) is 4.36. The third-order valence-corrected chi connectivity index (χ3v) is 3.72. The Hall–Kier alpha value is 0.310. The van der Waals surface area contributed by atoms with E-state index in [-0.39, 0.29) is 0 Å². The van der Waals surface area contributed by atoms with Crippen LogP contribution in [0.5, 0.6) is 0 Å². The summed E-state index contributed by atoms with van der Waals surface area (Å²) in [5, 5.41) is 3.57.